The number of halogens is 6. The molecule has 0 radical (unpaired) electrons. The molecule has 0 spiro atoms. The molecule has 1 aliphatic heterocycles. The van der Waals surface area contributed by atoms with E-state index in [-0.39, 0.29) is 17.5 Å². The van der Waals surface area contributed by atoms with E-state index in [1.165, 1.54) is 6.07 Å². The Morgan fingerprint density at radius 2 is 1.52 bits per heavy atom. The van der Waals surface area contributed by atoms with Gasteiger partial charge in [-0.15, -0.1) is 0 Å². The highest BCUT2D eigenvalue weighted by atomic mass is 19.4. The summed E-state index contributed by atoms with van der Waals surface area (Å²) in [5, 5.41) is 3.47. The van der Waals surface area contributed by atoms with Crippen LogP contribution in [0.1, 0.15) is 54.4 Å². The summed E-state index contributed by atoms with van der Waals surface area (Å²) in [5.74, 6) is 0.0589. The number of benzene rings is 2. The molecule has 1 N–H and O–H groups in total. The number of rotatable bonds is 7. The van der Waals surface area contributed by atoms with Crippen LogP contribution >= 0.6 is 0 Å². The Labute approximate surface area is 226 Å². The topological polar surface area (TPSA) is 62.6 Å². The number of alkyl halides is 6. The first kappa shape index (κ1) is 28.2. The molecule has 1 amide bonds. The molecule has 1 aromatic heterocycles. The zero-order valence-electron chi connectivity index (χ0n) is 21.5. The second-order valence-corrected chi connectivity index (χ2v) is 10.9. The first-order valence-electron chi connectivity index (χ1n) is 13.1. The summed E-state index contributed by atoms with van der Waals surface area (Å²) < 4.78 is 84.7. The van der Waals surface area contributed by atoms with Gasteiger partial charge < -0.3 is 9.73 Å². The van der Waals surface area contributed by atoms with E-state index in [2.05, 4.69) is 10.2 Å². The molecule has 0 atom stereocenters. The van der Waals surface area contributed by atoms with Gasteiger partial charge in [-0.05, 0) is 79.7 Å². The predicted molar refractivity (Wildman–Crippen MR) is 135 cm³/mol. The van der Waals surface area contributed by atoms with Gasteiger partial charge in [0.1, 0.15) is 5.58 Å². The molecule has 3 aromatic rings. The quantitative estimate of drug-likeness (QED) is 0.261. The zero-order chi connectivity index (χ0) is 28.7. The first-order chi connectivity index (χ1) is 18.8. The van der Waals surface area contributed by atoms with Crippen LogP contribution < -0.4 is 10.9 Å². The van der Waals surface area contributed by atoms with Crippen LogP contribution in [-0.2, 0) is 30.2 Å². The Morgan fingerprint density at radius 1 is 0.900 bits per heavy atom. The maximum absolute atomic E-state index is 13.4. The molecule has 1 saturated carbocycles. The molecule has 2 aromatic carbocycles. The van der Waals surface area contributed by atoms with E-state index in [4.69, 9.17) is 4.42 Å². The van der Waals surface area contributed by atoms with Crippen molar-refractivity contribution in [3.63, 3.8) is 0 Å². The van der Waals surface area contributed by atoms with E-state index < -0.39 is 41.1 Å². The third kappa shape index (κ3) is 6.51. The van der Waals surface area contributed by atoms with Crippen molar-refractivity contribution in [2.45, 2.75) is 57.5 Å². The van der Waals surface area contributed by atoms with Gasteiger partial charge in [-0.3, -0.25) is 9.69 Å². The SMILES string of the molecule is O=C(NCc1cc(C(F)(F)F)cc(C(F)(F)F)c1)C1(CC2CC2)CCN(Cc2ccc3ccc(=O)oc3c2)CC1. The lowest BCUT2D eigenvalue weighted by Crippen LogP contribution is -2.48. The number of fused-ring (bicyclic) bond motifs is 1. The summed E-state index contributed by atoms with van der Waals surface area (Å²) in [6, 6.07) is 10.1. The molecule has 40 heavy (non-hydrogen) atoms. The van der Waals surface area contributed by atoms with Gasteiger partial charge in [0, 0.05) is 24.5 Å². The molecule has 5 nitrogen and oxygen atoms in total. The largest absolute Gasteiger partial charge is 0.423 e. The second kappa shape index (κ2) is 10.6. The van der Waals surface area contributed by atoms with Crippen molar-refractivity contribution in [3.05, 3.63) is 81.2 Å². The van der Waals surface area contributed by atoms with Gasteiger partial charge in [0.2, 0.25) is 5.91 Å². The lowest BCUT2D eigenvalue weighted by molar-refractivity contribution is -0.143. The van der Waals surface area contributed by atoms with Crippen molar-refractivity contribution < 1.29 is 35.6 Å². The molecule has 11 heteroatoms. The third-order valence-electron chi connectivity index (χ3n) is 7.87. The lowest BCUT2D eigenvalue weighted by atomic mass is 9.73. The fourth-order valence-corrected chi connectivity index (χ4v) is 5.49. The summed E-state index contributed by atoms with van der Waals surface area (Å²) in [4.78, 5) is 27.2. The van der Waals surface area contributed by atoms with Crippen LogP contribution in [-0.4, -0.2) is 23.9 Å². The number of likely N-dealkylation sites (tertiary alicyclic amines) is 1. The Bertz CT molecular complexity index is 1420. The number of nitrogens with zero attached hydrogens (tertiary/aromatic N) is 1. The first-order valence-corrected chi connectivity index (χ1v) is 13.1. The van der Waals surface area contributed by atoms with Gasteiger partial charge in [-0.25, -0.2) is 4.79 Å². The highest BCUT2D eigenvalue weighted by molar-refractivity contribution is 5.83. The molecule has 0 unspecified atom stereocenters. The average Bonchev–Trinajstić information content (AvgIpc) is 3.71. The van der Waals surface area contributed by atoms with Gasteiger partial charge in [0.25, 0.3) is 0 Å². The highest BCUT2D eigenvalue weighted by Crippen LogP contribution is 2.46. The van der Waals surface area contributed by atoms with Crippen LogP contribution in [0.3, 0.4) is 0 Å². The van der Waals surface area contributed by atoms with E-state index in [0.717, 1.165) is 23.8 Å². The van der Waals surface area contributed by atoms with Crippen LogP contribution in [0.4, 0.5) is 26.3 Å². The molecule has 214 valence electrons. The number of carbonyl (C=O) groups excluding carboxylic acids is 1. The maximum atomic E-state index is 13.4. The zero-order valence-corrected chi connectivity index (χ0v) is 21.5. The summed E-state index contributed by atoms with van der Waals surface area (Å²) in [7, 11) is 0. The number of nitrogens with one attached hydrogen (secondary N) is 1. The van der Waals surface area contributed by atoms with Gasteiger partial charge in [-0.1, -0.05) is 25.0 Å². The van der Waals surface area contributed by atoms with Gasteiger partial charge >= 0.3 is 18.0 Å². The number of hydrogen-bond donors (Lipinski definition) is 1. The molecular formula is C29H28F6N2O3. The molecule has 1 aliphatic carbocycles. The average molecular weight is 567 g/mol. The minimum atomic E-state index is -4.95. The minimum absolute atomic E-state index is 0.0822. The number of amides is 1. The summed E-state index contributed by atoms with van der Waals surface area (Å²) in [5.41, 5.74) is -2.78. The van der Waals surface area contributed by atoms with Crippen LogP contribution in [0.15, 0.2) is 57.7 Å². The van der Waals surface area contributed by atoms with E-state index in [1.54, 1.807) is 6.07 Å². The normalized spacial score (nSPS) is 18.1. The van der Waals surface area contributed by atoms with Crippen LogP contribution in [0.2, 0.25) is 0 Å². The fourth-order valence-electron chi connectivity index (χ4n) is 5.49. The molecule has 0 bridgehead atoms. The van der Waals surface area contributed by atoms with E-state index in [9.17, 15) is 35.9 Å². The molecular weight excluding hydrogens is 538 g/mol. The van der Waals surface area contributed by atoms with E-state index in [0.29, 0.717) is 62.5 Å². The molecule has 2 aliphatic rings. The standard InChI is InChI=1S/C29H28F6N2O3/c30-28(31,32)22-11-20(12-23(14-22)29(33,34)35)16-36-26(39)27(15-18-1-2-18)7-9-37(10-8-27)17-19-3-4-21-5-6-25(38)40-24(21)13-19/h3-6,11-14,18H,1-2,7-10,15-17H2,(H,36,39). The number of hydrogen-bond acceptors (Lipinski definition) is 4. The van der Waals surface area contributed by atoms with Gasteiger partial charge in [0.15, 0.2) is 0 Å². The molecule has 1 saturated heterocycles. The van der Waals surface area contributed by atoms with Crippen molar-refractivity contribution >= 4 is 16.9 Å². The second-order valence-electron chi connectivity index (χ2n) is 10.9. The monoisotopic (exact) mass is 566 g/mol. The van der Waals surface area contributed by atoms with Crippen molar-refractivity contribution in [3.8, 4) is 0 Å². The highest BCUT2D eigenvalue weighted by Gasteiger charge is 2.45. The summed E-state index contributed by atoms with van der Waals surface area (Å²) >= 11 is 0. The van der Waals surface area contributed by atoms with Crippen molar-refractivity contribution in [1.29, 1.82) is 0 Å². The smallest absolute Gasteiger partial charge is 0.416 e. The lowest BCUT2D eigenvalue weighted by Gasteiger charge is -2.41. The van der Waals surface area contributed by atoms with Crippen LogP contribution in [0.25, 0.3) is 11.0 Å². The summed E-state index contributed by atoms with van der Waals surface area (Å²) in [6.07, 6.45) is -6.20. The molecule has 5 rings (SSSR count). The van der Waals surface area contributed by atoms with Crippen LogP contribution in [0.5, 0.6) is 0 Å². The van der Waals surface area contributed by atoms with Gasteiger partial charge in [0.05, 0.1) is 16.5 Å². The van der Waals surface area contributed by atoms with E-state index >= 15 is 0 Å². The Balaban J connectivity index is 1.27. The van der Waals surface area contributed by atoms with Crippen molar-refractivity contribution in [2.75, 3.05) is 13.1 Å². The number of carbonyl (C=O) groups is 1. The van der Waals surface area contributed by atoms with Crippen LogP contribution in [0, 0.1) is 11.3 Å². The third-order valence-corrected chi connectivity index (χ3v) is 7.87. The minimum Gasteiger partial charge on any atom is -0.423 e. The Kier molecular flexibility index (Phi) is 7.45. The Morgan fingerprint density at radius 3 is 2.12 bits per heavy atom. The molecule has 2 fully saturated rings. The fraction of sp³-hybridized carbons (Fsp3) is 0.448. The Hall–Kier alpha value is -3.34. The van der Waals surface area contributed by atoms with Crippen molar-refractivity contribution in [2.24, 2.45) is 11.3 Å². The predicted octanol–water partition coefficient (Wildman–Crippen LogP) is 6.53. The number of piperidine rings is 1. The van der Waals surface area contributed by atoms with Gasteiger partial charge in [-0.2, -0.15) is 26.3 Å². The maximum Gasteiger partial charge on any atom is 0.416 e. The van der Waals surface area contributed by atoms with Crippen molar-refractivity contribution in [1.82, 2.24) is 10.2 Å². The van der Waals surface area contributed by atoms with E-state index in [1.807, 2.05) is 18.2 Å². The summed E-state index contributed by atoms with van der Waals surface area (Å²) in [6.45, 7) is 1.35. The molecule has 2 heterocycles.